The molecule has 0 saturated carbocycles. The summed E-state index contributed by atoms with van der Waals surface area (Å²) in [5.41, 5.74) is 0. The maximum Gasteiger partial charge on any atom is 0.213 e. The van der Waals surface area contributed by atoms with Crippen molar-refractivity contribution in [3.05, 3.63) is 0 Å². The molecule has 0 aromatic carbocycles. The van der Waals surface area contributed by atoms with Gasteiger partial charge < -0.3 is 5.32 Å². The Kier molecular flexibility index (Phi) is 8.30. The summed E-state index contributed by atoms with van der Waals surface area (Å²) in [7, 11) is -3.09. The Labute approximate surface area is 116 Å². The molecule has 0 spiro atoms. The average Bonchev–Trinajstić information content (AvgIpc) is 2.34. The number of sulfonamides is 1. The summed E-state index contributed by atoms with van der Waals surface area (Å²) < 4.78 is 26.4. The Balaban J connectivity index is 2.11. The van der Waals surface area contributed by atoms with Crippen molar-refractivity contribution in [1.29, 1.82) is 0 Å². The van der Waals surface area contributed by atoms with Gasteiger partial charge in [0.2, 0.25) is 10.0 Å². The third kappa shape index (κ3) is 7.61. The molecule has 1 aliphatic rings. The maximum absolute atomic E-state index is 11.8. The lowest BCUT2D eigenvalue weighted by molar-refractivity contribution is 0.422. The molecule has 1 unspecified atom stereocenters. The fourth-order valence-electron chi connectivity index (χ4n) is 2.17. The van der Waals surface area contributed by atoms with Gasteiger partial charge in [-0.3, -0.25) is 0 Å². The predicted octanol–water partition coefficient (Wildman–Crippen LogP) is 1.58. The lowest BCUT2D eigenvalue weighted by Gasteiger charge is -2.23. The zero-order chi connectivity index (χ0) is 13.3. The van der Waals surface area contributed by atoms with Crippen molar-refractivity contribution in [2.75, 3.05) is 30.9 Å². The van der Waals surface area contributed by atoms with Gasteiger partial charge in [-0.05, 0) is 44.2 Å². The third-order valence-electron chi connectivity index (χ3n) is 3.18. The molecule has 0 bridgehead atoms. The topological polar surface area (TPSA) is 58.2 Å². The number of unbranched alkanes of at least 4 members (excludes halogenated alkanes) is 2. The van der Waals surface area contributed by atoms with Crippen LogP contribution in [0.5, 0.6) is 0 Å². The van der Waals surface area contributed by atoms with Crippen LogP contribution in [0.25, 0.3) is 0 Å². The van der Waals surface area contributed by atoms with E-state index in [0.29, 0.717) is 6.54 Å². The first-order chi connectivity index (χ1) is 8.64. The zero-order valence-corrected chi connectivity index (χ0v) is 12.9. The van der Waals surface area contributed by atoms with Gasteiger partial charge in [0, 0.05) is 12.6 Å². The van der Waals surface area contributed by atoms with Crippen molar-refractivity contribution in [1.82, 2.24) is 10.0 Å². The van der Waals surface area contributed by atoms with E-state index in [0.717, 1.165) is 32.2 Å². The normalized spacial score (nSPS) is 21.1. The quantitative estimate of drug-likeness (QED) is 0.634. The van der Waals surface area contributed by atoms with Gasteiger partial charge in [-0.25, -0.2) is 13.1 Å². The summed E-state index contributed by atoms with van der Waals surface area (Å²) in [4.78, 5) is 0. The van der Waals surface area contributed by atoms with E-state index in [1.807, 2.05) is 11.8 Å². The average molecular weight is 294 g/mol. The summed E-state index contributed by atoms with van der Waals surface area (Å²) >= 11 is 1.84. The number of hydrogen-bond donors (Lipinski definition) is 2. The van der Waals surface area contributed by atoms with Crippen molar-refractivity contribution in [3.63, 3.8) is 0 Å². The van der Waals surface area contributed by atoms with E-state index in [1.54, 1.807) is 0 Å². The van der Waals surface area contributed by atoms with Crippen LogP contribution in [0.4, 0.5) is 0 Å². The van der Waals surface area contributed by atoms with Crippen LogP contribution in [-0.2, 0) is 10.0 Å². The van der Waals surface area contributed by atoms with Gasteiger partial charge in [0.05, 0.1) is 5.75 Å². The van der Waals surface area contributed by atoms with E-state index in [9.17, 15) is 8.42 Å². The summed E-state index contributed by atoms with van der Waals surface area (Å²) in [6, 6.07) is 0.146. The molecule has 1 heterocycles. The van der Waals surface area contributed by atoms with Gasteiger partial charge in [0.25, 0.3) is 0 Å². The highest BCUT2D eigenvalue weighted by atomic mass is 32.2. The van der Waals surface area contributed by atoms with Gasteiger partial charge >= 0.3 is 0 Å². The molecule has 0 amide bonds. The van der Waals surface area contributed by atoms with E-state index >= 15 is 0 Å². The Morgan fingerprint density at radius 1 is 1.28 bits per heavy atom. The minimum Gasteiger partial charge on any atom is -0.313 e. The highest BCUT2D eigenvalue weighted by Gasteiger charge is 2.20. The van der Waals surface area contributed by atoms with Crippen LogP contribution in [-0.4, -0.2) is 45.3 Å². The van der Waals surface area contributed by atoms with Crippen molar-refractivity contribution in [3.8, 4) is 0 Å². The van der Waals surface area contributed by atoms with Crippen LogP contribution >= 0.6 is 11.8 Å². The van der Waals surface area contributed by atoms with Crippen LogP contribution in [0.2, 0.25) is 0 Å². The van der Waals surface area contributed by atoms with Gasteiger partial charge in [-0.1, -0.05) is 12.8 Å². The minimum absolute atomic E-state index is 0.146. The molecule has 1 saturated heterocycles. The van der Waals surface area contributed by atoms with Gasteiger partial charge in [-0.2, -0.15) is 11.8 Å². The van der Waals surface area contributed by atoms with Gasteiger partial charge in [0.15, 0.2) is 0 Å². The summed E-state index contributed by atoms with van der Waals surface area (Å²) in [6.07, 6.45) is 8.60. The monoisotopic (exact) mass is 294 g/mol. The number of rotatable bonds is 9. The van der Waals surface area contributed by atoms with E-state index in [2.05, 4.69) is 16.3 Å². The maximum atomic E-state index is 11.8. The molecule has 0 aromatic heterocycles. The Hall–Kier alpha value is 0.220. The molecule has 1 fully saturated rings. The van der Waals surface area contributed by atoms with E-state index in [-0.39, 0.29) is 11.8 Å². The Bertz CT molecular complexity index is 301. The van der Waals surface area contributed by atoms with Crippen molar-refractivity contribution in [2.24, 2.45) is 0 Å². The molecule has 108 valence electrons. The van der Waals surface area contributed by atoms with E-state index in [1.165, 1.54) is 18.6 Å². The fraction of sp³-hybridized carbons (Fsp3) is 1.00. The van der Waals surface area contributed by atoms with Crippen LogP contribution in [0.1, 0.15) is 38.5 Å². The molecular weight excluding hydrogens is 268 g/mol. The predicted molar refractivity (Wildman–Crippen MR) is 79.7 cm³/mol. The Morgan fingerprint density at radius 3 is 2.78 bits per heavy atom. The fourth-order valence-corrected chi connectivity index (χ4v) is 4.05. The van der Waals surface area contributed by atoms with E-state index in [4.69, 9.17) is 0 Å². The lowest BCUT2D eigenvalue weighted by Crippen LogP contribution is -2.42. The Morgan fingerprint density at radius 2 is 2.11 bits per heavy atom. The number of piperidine rings is 1. The van der Waals surface area contributed by atoms with Gasteiger partial charge in [-0.15, -0.1) is 0 Å². The summed E-state index contributed by atoms with van der Waals surface area (Å²) in [6.45, 7) is 1.54. The first kappa shape index (κ1) is 16.3. The molecule has 1 atom stereocenters. The number of hydrogen-bond acceptors (Lipinski definition) is 4. The minimum atomic E-state index is -3.09. The summed E-state index contributed by atoms with van der Waals surface area (Å²) in [5.74, 6) is 1.40. The molecule has 6 heteroatoms. The molecule has 0 aromatic rings. The molecule has 0 radical (unpaired) electrons. The van der Waals surface area contributed by atoms with Crippen LogP contribution < -0.4 is 10.0 Å². The highest BCUT2D eigenvalue weighted by Crippen LogP contribution is 2.08. The summed E-state index contributed by atoms with van der Waals surface area (Å²) in [5, 5.41) is 3.27. The lowest BCUT2D eigenvalue weighted by atomic mass is 10.1. The van der Waals surface area contributed by atoms with Crippen LogP contribution in [0, 0.1) is 0 Å². The zero-order valence-electron chi connectivity index (χ0n) is 11.3. The molecule has 4 nitrogen and oxygen atoms in total. The van der Waals surface area contributed by atoms with E-state index < -0.39 is 10.0 Å². The van der Waals surface area contributed by atoms with Crippen LogP contribution in [0.15, 0.2) is 0 Å². The van der Waals surface area contributed by atoms with Crippen molar-refractivity contribution >= 4 is 21.8 Å². The first-order valence-electron chi connectivity index (χ1n) is 6.84. The largest absolute Gasteiger partial charge is 0.313 e. The second-order valence-corrected chi connectivity index (χ2v) is 7.71. The standard InChI is InChI=1S/C12H26N2O2S2/c1-17-10-6-2-4-9-14-18(15,16)11-12-7-3-5-8-13-12/h12-14H,2-11H2,1H3. The van der Waals surface area contributed by atoms with Crippen molar-refractivity contribution < 1.29 is 8.42 Å². The second-order valence-electron chi connectivity index (χ2n) is 4.88. The molecule has 1 aliphatic heterocycles. The van der Waals surface area contributed by atoms with Gasteiger partial charge in [0.1, 0.15) is 0 Å². The number of thioether (sulfide) groups is 1. The molecule has 18 heavy (non-hydrogen) atoms. The second kappa shape index (κ2) is 9.18. The SMILES string of the molecule is CSCCCCCNS(=O)(=O)CC1CCCCN1. The first-order valence-corrected chi connectivity index (χ1v) is 9.88. The molecule has 2 N–H and O–H groups in total. The molecular formula is C12H26N2O2S2. The highest BCUT2D eigenvalue weighted by molar-refractivity contribution is 7.98. The molecule has 0 aliphatic carbocycles. The smallest absolute Gasteiger partial charge is 0.213 e. The third-order valence-corrected chi connectivity index (χ3v) is 5.36. The molecule has 1 rings (SSSR count). The van der Waals surface area contributed by atoms with Crippen LogP contribution in [0.3, 0.4) is 0 Å². The van der Waals surface area contributed by atoms with Crippen molar-refractivity contribution in [2.45, 2.75) is 44.6 Å². The number of nitrogens with one attached hydrogen (secondary N) is 2.